The van der Waals surface area contributed by atoms with Crippen LogP contribution in [0.1, 0.15) is 15.9 Å². The first-order chi connectivity index (χ1) is 12.4. The minimum Gasteiger partial charge on any atom is -0.493 e. The Morgan fingerprint density at radius 2 is 1.69 bits per heavy atom. The summed E-state index contributed by atoms with van der Waals surface area (Å²) in [6, 6.07) is 6.27. The number of sulfonamides is 1. The van der Waals surface area contributed by atoms with E-state index < -0.39 is 26.6 Å². The van der Waals surface area contributed by atoms with Crippen LogP contribution in [-0.4, -0.2) is 40.0 Å². The highest BCUT2D eigenvalue weighted by Crippen LogP contribution is 2.46. The lowest BCUT2D eigenvalue weighted by Crippen LogP contribution is -2.31. The zero-order chi connectivity index (χ0) is 19.1. The molecule has 3 rings (SSSR count). The fraction of sp³-hybridized carbons (Fsp3) is 0.235. The molecule has 0 radical (unpaired) electrons. The Bertz CT molecular complexity index is 989. The fourth-order valence-electron chi connectivity index (χ4n) is 2.88. The Morgan fingerprint density at radius 1 is 1.04 bits per heavy atom. The van der Waals surface area contributed by atoms with Gasteiger partial charge in [0.05, 0.1) is 33.4 Å². The molecule has 9 heteroatoms. The Labute approximate surface area is 149 Å². The molecule has 0 unspecified atom stereocenters. The van der Waals surface area contributed by atoms with Gasteiger partial charge in [0.2, 0.25) is 5.75 Å². The molecule has 26 heavy (non-hydrogen) atoms. The Morgan fingerprint density at radius 3 is 2.27 bits per heavy atom. The maximum absolute atomic E-state index is 14.0. The third kappa shape index (κ3) is 2.55. The zero-order valence-corrected chi connectivity index (χ0v) is 15.1. The first-order valence-electron chi connectivity index (χ1n) is 7.50. The lowest BCUT2D eigenvalue weighted by molar-refractivity contribution is 0.0879. The smallest absolute Gasteiger partial charge is 0.269 e. The third-order valence-electron chi connectivity index (χ3n) is 4.10. The number of hydrogen-bond acceptors (Lipinski definition) is 6. The molecule has 0 saturated carbocycles. The lowest BCUT2D eigenvalue weighted by atomic mass is 10.1. The molecule has 138 valence electrons. The highest BCUT2D eigenvalue weighted by molar-refractivity contribution is 7.89. The summed E-state index contributed by atoms with van der Waals surface area (Å²) >= 11 is 0. The molecule has 0 aromatic heterocycles. The average Bonchev–Trinajstić information content (AvgIpc) is 2.97. The Kier molecular flexibility index (Phi) is 4.49. The molecule has 0 fully saturated rings. The number of halogens is 1. The number of methoxy groups -OCH3 is 3. The van der Waals surface area contributed by atoms with Crippen LogP contribution in [-0.2, 0) is 16.6 Å². The molecule has 1 heterocycles. The number of amides is 1. The molecule has 2 aromatic rings. The standard InChI is InChI=1S/C17H16FNO6S/c1-23-13-8-10-11(15(24-2)16(13)25-3)9-19(17(10)20)26(21,22)14-7-5-4-6-12(14)18/h4-8H,9H2,1-3H3. The van der Waals surface area contributed by atoms with Gasteiger partial charge in [-0.05, 0) is 18.2 Å². The van der Waals surface area contributed by atoms with E-state index in [-0.39, 0.29) is 29.4 Å². The van der Waals surface area contributed by atoms with Crippen molar-refractivity contribution < 1.29 is 31.8 Å². The molecule has 0 spiro atoms. The number of carbonyl (C=O) groups is 1. The summed E-state index contributed by atoms with van der Waals surface area (Å²) in [5.74, 6) is -1.06. The second-order valence-corrected chi connectivity index (χ2v) is 7.25. The van der Waals surface area contributed by atoms with Gasteiger partial charge in [-0.1, -0.05) is 12.1 Å². The van der Waals surface area contributed by atoms with E-state index in [1.165, 1.54) is 39.5 Å². The summed E-state index contributed by atoms with van der Waals surface area (Å²) in [5, 5.41) is 0. The summed E-state index contributed by atoms with van der Waals surface area (Å²) < 4.78 is 56.0. The van der Waals surface area contributed by atoms with Crippen LogP contribution in [0.15, 0.2) is 35.2 Å². The van der Waals surface area contributed by atoms with Gasteiger partial charge in [0, 0.05) is 5.56 Å². The average molecular weight is 381 g/mol. The minimum atomic E-state index is -4.38. The molecular weight excluding hydrogens is 365 g/mol. The van der Waals surface area contributed by atoms with Gasteiger partial charge in [0.15, 0.2) is 11.5 Å². The van der Waals surface area contributed by atoms with E-state index in [1.54, 1.807) is 0 Å². The van der Waals surface area contributed by atoms with Gasteiger partial charge in [-0.15, -0.1) is 0 Å². The molecule has 0 atom stereocenters. The van der Waals surface area contributed by atoms with E-state index >= 15 is 0 Å². The van der Waals surface area contributed by atoms with Gasteiger partial charge in [-0.25, -0.2) is 17.1 Å². The van der Waals surface area contributed by atoms with Gasteiger partial charge in [0.25, 0.3) is 15.9 Å². The molecule has 1 amide bonds. The summed E-state index contributed by atoms with van der Waals surface area (Å²) in [4.78, 5) is 12.2. The number of benzene rings is 2. The molecule has 0 bridgehead atoms. The third-order valence-corrected chi connectivity index (χ3v) is 5.86. The zero-order valence-electron chi connectivity index (χ0n) is 14.3. The first kappa shape index (κ1) is 18.0. The van der Waals surface area contributed by atoms with E-state index in [1.807, 2.05) is 0 Å². The Hall–Kier alpha value is -2.81. The maximum Gasteiger partial charge on any atom is 0.269 e. The van der Waals surface area contributed by atoms with E-state index in [4.69, 9.17) is 14.2 Å². The summed E-state index contributed by atoms with van der Waals surface area (Å²) in [5.41, 5.74) is 0.425. The predicted octanol–water partition coefficient (Wildman–Crippen LogP) is 2.20. The van der Waals surface area contributed by atoms with Crippen molar-refractivity contribution in [2.75, 3.05) is 21.3 Å². The second-order valence-electron chi connectivity index (χ2n) is 5.42. The molecule has 0 aliphatic carbocycles. The van der Waals surface area contributed by atoms with E-state index in [0.29, 0.717) is 9.87 Å². The largest absolute Gasteiger partial charge is 0.493 e. The van der Waals surface area contributed by atoms with Gasteiger partial charge >= 0.3 is 0 Å². The summed E-state index contributed by atoms with van der Waals surface area (Å²) in [6.45, 7) is -0.297. The van der Waals surface area contributed by atoms with Crippen molar-refractivity contribution in [3.8, 4) is 17.2 Å². The SMILES string of the molecule is COc1cc2c(c(OC)c1OC)CN(S(=O)(=O)c1ccccc1F)C2=O. The number of fused-ring (bicyclic) bond motifs is 1. The molecule has 0 saturated heterocycles. The predicted molar refractivity (Wildman–Crippen MR) is 89.6 cm³/mol. The maximum atomic E-state index is 14.0. The highest BCUT2D eigenvalue weighted by atomic mass is 32.2. The lowest BCUT2D eigenvalue weighted by Gasteiger charge is -2.16. The van der Waals surface area contributed by atoms with Crippen molar-refractivity contribution in [1.82, 2.24) is 4.31 Å². The van der Waals surface area contributed by atoms with Crippen LogP contribution in [0.25, 0.3) is 0 Å². The molecule has 1 aliphatic heterocycles. The van der Waals surface area contributed by atoms with Crippen LogP contribution in [0.5, 0.6) is 17.2 Å². The van der Waals surface area contributed by atoms with Gasteiger partial charge in [0.1, 0.15) is 10.7 Å². The van der Waals surface area contributed by atoms with Crippen molar-refractivity contribution in [2.24, 2.45) is 0 Å². The van der Waals surface area contributed by atoms with E-state index in [0.717, 1.165) is 12.1 Å². The van der Waals surface area contributed by atoms with Crippen LogP contribution >= 0.6 is 0 Å². The normalized spacial score (nSPS) is 13.5. The van der Waals surface area contributed by atoms with Crippen LogP contribution in [0.4, 0.5) is 4.39 Å². The van der Waals surface area contributed by atoms with Gasteiger partial charge in [-0.3, -0.25) is 4.79 Å². The Balaban J connectivity index is 2.15. The van der Waals surface area contributed by atoms with Crippen molar-refractivity contribution in [3.63, 3.8) is 0 Å². The molecular formula is C17H16FNO6S. The van der Waals surface area contributed by atoms with Crippen molar-refractivity contribution in [2.45, 2.75) is 11.4 Å². The molecule has 7 nitrogen and oxygen atoms in total. The molecule has 1 aliphatic rings. The van der Waals surface area contributed by atoms with Crippen molar-refractivity contribution >= 4 is 15.9 Å². The number of ether oxygens (including phenoxy) is 3. The topological polar surface area (TPSA) is 82.1 Å². The quantitative estimate of drug-likeness (QED) is 0.790. The van der Waals surface area contributed by atoms with Crippen LogP contribution in [0.3, 0.4) is 0 Å². The second kappa shape index (κ2) is 6.49. The van der Waals surface area contributed by atoms with E-state index in [9.17, 15) is 17.6 Å². The van der Waals surface area contributed by atoms with Crippen LogP contribution < -0.4 is 14.2 Å². The van der Waals surface area contributed by atoms with Crippen molar-refractivity contribution in [3.05, 3.63) is 47.3 Å². The number of carbonyl (C=O) groups excluding carboxylic acids is 1. The first-order valence-corrected chi connectivity index (χ1v) is 8.94. The fourth-order valence-corrected chi connectivity index (χ4v) is 4.30. The van der Waals surface area contributed by atoms with Crippen LogP contribution in [0, 0.1) is 5.82 Å². The van der Waals surface area contributed by atoms with Gasteiger partial charge in [-0.2, -0.15) is 0 Å². The minimum absolute atomic E-state index is 0.0967. The number of rotatable bonds is 5. The number of hydrogen-bond donors (Lipinski definition) is 0. The summed E-state index contributed by atoms with van der Waals surface area (Å²) in [6.07, 6.45) is 0. The molecule has 2 aromatic carbocycles. The van der Waals surface area contributed by atoms with E-state index in [2.05, 4.69) is 0 Å². The number of nitrogens with zero attached hydrogens (tertiary/aromatic N) is 1. The summed E-state index contributed by atoms with van der Waals surface area (Å²) in [7, 11) is -0.222. The van der Waals surface area contributed by atoms with Crippen LogP contribution in [0.2, 0.25) is 0 Å². The molecule has 0 N–H and O–H groups in total. The van der Waals surface area contributed by atoms with Crippen molar-refractivity contribution in [1.29, 1.82) is 0 Å². The monoisotopic (exact) mass is 381 g/mol. The van der Waals surface area contributed by atoms with Gasteiger partial charge < -0.3 is 14.2 Å². The highest BCUT2D eigenvalue weighted by Gasteiger charge is 2.41.